The van der Waals surface area contributed by atoms with Gasteiger partial charge in [0, 0.05) is 30.7 Å². The van der Waals surface area contributed by atoms with E-state index in [0.29, 0.717) is 57.5 Å². The molecule has 0 bridgehead atoms. The maximum atomic E-state index is 13.3. The van der Waals surface area contributed by atoms with Crippen molar-refractivity contribution >= 4 is 57.7 Å². The molecule has 170 valence electrons. The Morgan fingerprint density at radius 3 is 2.64 bits per heavy atom. The highest BCUT2D eigenvalue weighted by atomic mass is 35.5. The number of nitriles is 1. The molecule has 0 atom stereocenters. The second kappa shape index (κ2) is 9.69. The molecule has 0 N–H and O–H groups in total. The lowest BCUT2D eigenvalue weighted by Gasteiger charge is -2.32. The molecule has 7 nitrogen and oxygen atoms in total. The molecule has 2 fully saturated rings. The van der Waals surface area contributed by atoms with Gasteiger partial charge in [0.1, 0.15) is 21.8 Å². The molecule has 2 aliphatic heterocycles. The third-order valence-electron chi connectivity index (χ3n) is 5.71. The fraction of sp³-hybridized carbons (Fsp3) is 0.304. The first-order valence-electron chi connectivity index (χ1n) is 10.3. The van der Waals surface area contributed by atoms with Crippen LogP contribution in [-0.2, 0) is 23.1 Å². The number of halogens is 1. The van der Waals surface area contributed by atoms with Crippen molar-refractivity contribution in [1.29, 1.82) is 5.26 Å². The molecule has 0 saturated carbocycles. The van der Waals surface area contributed by atoms with Crippen molar-refractivity contribution in [3.8, 4) is 6.07 Å². The van der Waals surface area contributed by atoms with Crippen LogP contribution in [0.25, 0.3) is 6.08 Å². The number of aromatic nitrogens is 1. The van der Waals surface area contributed by atoms with Crippen molar-refractivity contribution < 1.29 is 9.53 Å². The Morgan fingerprint density at radius 1 is 1.27 bits per heavy atom. The normalized spacial score (nSPS) is 17.7. The summed E-state index contributed by atoms with van der Waals surface area (Å²) < 4.78 is 7.37. The topological polar surface area (TPSA) is 78.6 Å². The van der Waals surface area contributed by atoms with E-state index in [1.165, 1.54) is 21.2 Å². The maximum absolute atomic E-state index is 13.3. The van der Waals surface area contributed by atoms with E-state index in [2.05, 4.69) is 4.90 Å². The van der Waals surface area contributed by atoms with E-state index in [-0.39, 0.29) is 23.6 Å². The van der Waals surface area contributed by atoms with Gasteiger partial charge in [0.05, 0.1) is 24.7 Å². The quantitative estimate of drug-likeness (QED) is 0.470. The average Bonchev–Trinajstić information content (AvgIpc) is 3.07. The summed E-state index contributed by atoms with van der Waals surface area (Å²) in [7, 11) is 1.65. The molecule has 4 rings (SSSR count). The van der Waals surface area contributed by atoms with Gasteiger partial charge in [-0.1, -0.05) is 53.8 Å². The molecule has 1 aromatic carbocycles. The van der Waals surface area contributed by atoms with E-state index in [9.17, 15) is 14.9 Å². The summed E-state index contributed by atoms with van der Waals surface area (Å²) in [5.41, 5.74) is 1.70. The zero-order chi connectivity index (χ0) is 23.7. The fourth-order valence-corrected chi connectivity index (χ4v) is 5.37. The number of nitrogens with zero attached hydrogens (tertiary/aromatic N) is 4. The lowest BCUT2D eigenvalue weighted by Crippen LogP contribution is -2.40. The molecular formula is C23H21ClN4O3S2. The Morgan fingerprint density at radius 2 is 1.97 bits per heavy atom. The number of hydrogen-bond acceptors (Lipinski definition) is 7. The third kappa shape index (κ3) is 4.44. The van der Waals surface area contributed by atoms with Crippen LogP contribution in [0, 0.1) is 18.3 Å². The zero-order valence-electron chi connectivity index (χ0n) is 18.1. The lowest BCUT2D eigenvalue weighted by atomic mass is 10.0. The summed E-state index contributed by atoms with van der Waals surface area (Å²) in [6.45, 7) is 4.28. The number of anilines is 1. The minimum Gasteiger partial charge on any atom is -0.378 e. The van der Waals surface area contributed by atoms with Crippen LogP contribution in [0.15, 0.2) is 34.0 Å². The number of amides is 1. The van der Waals surface area contributed by atoms with Gasteiger partial charge >= 0.3 is 0 Å². The summed E-state index contributed by atoms with van der Waals surface area (Å²) in [5, 5.41) is 10.2. The molecule has 33 heavy (non-hydrogen) atoms. The van der Waals surface area contributed by atoms with Crippen LogP contribution in [0.1, 0.15) is 22.3 Å². The van der Waals surface area contributed by atoms with E-state index < -0.39 is 0 Å². The summed E-state index contributed by atoms with van der Waals surface area (Å²) in [4.78, 5) is 30.1. The number of morpholine rings is 1. The van der Waals surface area contributed by atoms with E-state index in [0.717, 1.165) is 5.56 Å². The second-order valence-corrected chi connectivity index (χ2v) is 9.75. The highest BCUT2D eigenvalue weighted by Gasteiger charge is 2.33. The number of carbonyl (C=O) groups excluding carboxylic acids is 1. The molecule has 3 heterocycles. The number of thioether (sulfide) groups is 1. The number of hydrogen-bond donors (Lipinski definition) is 0. The lowest BCUT2D eigenvalue weighted by molar-refractivity contribution is -0.122. The predicted molar refractivity (Wildman–Crippen MR) is 134 cm³/mol. The Labute approximate surface area is 206 Å². The van der Waals surface area contributed by atoms with E-state index in [4.69, 9.17) is 28.6 Å². The summed E-state index contributed by atoms with van der Waals surface area (Å²) in [6, 6.07) is 9.35. The van der Waals surface area contributed by atoms with Crippen LogP contribution in [0.4, 0.5) is 5.82 Å². The SMILES string of the molecule is Cc1c(C=C2SC(=S)N(Cc3ccccc3Cl)C2=O)c(N2CCOCC2)n(C)c(=O)c1C#N. The fourth-order valence-electron chi connectivity index (χ4n) is 3.93. The van der Waals surface area contributed by atoms with Crippen molar-refractivity contribution in [2.75, 3.05) is 31.2 Å². The second-order valence-electron chi connectivity index (χ2n) is 7.67. The first kappa shape index (κ1) is 23.5. The van der Waals surface area contributed by atoms with Crippen molar-refractivity contribution in [2.45, 2.75) is 13.5 Å². The summed E-state index contributed by atoms with van der Waals surface area (Å²) in [5.74, 6) is 0.431. The van der Waals surface area contributed by atoms with Gasteiger partial charge in [-0.05, 0) is 30.2 Å². The van der Waals surface area contributed by atoms with Gasteiger partial charge < -0.3 is 9.64 Å². The number of benzene rings is 1. The number of rotatable bonds is 4. The van der Waals surface area contributed by atoms with Crippen LogP contribution < -0.4 is 10.5 Å². The van der Waals surface area contributed by atoms with Crippen LogP contribution in [-0.4, -0.2) is 46.0 Å². The molecule has 0 spiro atoms. The Balaban J connectivity index is 1.78. The van der Waals surface area contributed by atoms with Crippen LogP contribution >= 0.6 is 35.6 Å². The summed E-state index contributed by atoms with van der Waals surface area (Å²) >= 11 is 13.0. The van der Waals surface area contributed by atoms with Crippen molar-refractivity contribution in [3.05, 3.63) is 66.8 Å². The average molecular weight is 501 g/mol. The minimum absolute atomic E-state index is 0.0623. The van der Waals surface area contributed by atoms with Crippen molar-refractivity contribution in [2.24, 2.45) is 7.05 Å². The molecule has 0 unspecified atom stereocenters. The third-order valence-corrected chi connectivity index (χ3v) is 7.46. The summed E-state index contributed by atoms with van der Waals surface area (Å²) in [6.07, 6.45) is 1.74. The van der Waals surface area contributed by atoms with Gasteiger partial charge in [-0.3, -0.25) is 19.1 Å². The number of ether oxygens (including phenoxy) is 1. The largest absolute Gasteiger partial charge is 0.378 e. The van der Waals surface area contributed by atoms with Gasteiger partial charge in [-0.25, -0.2) is 0 Å². The Bertz CT molecular complexity index is 1280. The Hall–Kier alpha value is -2.64. The zero-order valence-corrected chi connectivity index (χ0v) is 20.5. The first-order valence-corrected chi connectivity index (χ1v) is 11.9. The first-order chi connectivity index (χ1) is 15.8. The van der Waals surface area contributed by atoms with E-state index in [1.807, 2.05) is 24.3 Å². The molecule has 2 saturated heterocycles. The molecule has 1 aromatic heterocycles. The molecule has 2 aliphatic rings. The predicted octanol–water partition coefficient (Wildman–Crippen LogP) is 3.46. The Kier molecular flexibility index (Phi) is 6.91. The standard InChI is InChI=1S/C23H21ClN4O3S2/c1-14-16(20(27-7-9-31-10-8-27)26(2)21(29)17(14)12-25)11-19-22(30)28(23(32)33-19)13-15-5-3-4-6-18(15)24/h3-6,11H,7-10,13H2,1-2H3. The number of pyridine rings is 1. The van der Waals surface area contributed by atoms with Crippen LogP contribution in [0.3, 0.4) is 0 Å². The minimum atomic E-state index is -0.361. The number of thiocarbonyl (C=S) groups is 1. The highest BCUT2D eigenvalue weighted by molar-refractivity contribution is 8.26. The van der Waals surface area contributed by atoms with Gasteiger partial charge in [0.25, 0.3) is 11.5 Å². The maximum Gasteiger partial charge on any atom is 0.270 e. The molecular weight excluding hydrogens is 480 g/mol. The van der Waals surface area contributed by atoms with Gasteiger partial charge in [0.2, 0.25) is 0 Å². The molecule has 0 radical (unpaired) electrons. The molecule has 1 amide bonds. The van der Waals surface area contributed by atoms with Gasteiger partial charge in [-0.2, -0.15) is 5.26 Å². The monoisotopic (exact) mass is 500 g/mol. The van der Waals surface area contributed by atoms with Crippen molar-refractivity contribution in [3.63, 3.8) is 0 Å². The van der Waals surface area contributed by atoms with Gasteiger partial charge in [0.15, 0.2) is 0 Å². The van der Waals surface area contributed by atoms with E-state index >= 15 is 0 Å². The van der Waals surface area contributed by atoms with E-state index in [1.54, 1.807) is 26.1 Å². The van der Waals surface area contributed by atoms with Gasteiger partial charge in [-0.15, -0.1) is 0 Å². The molecule has 10 heteroatoms. The molecule has 0 aliphatic carbocycles. The molecule has 2 aromatic rings. The van der Waals surface area contributed by atoms with Crippen molar-refractivity contribution in [1.82, 2.24) is 9.47 Å². The van der Waals surface area contributed by atoms with Crippen LogP contribution in [0.5, 0.6) is 0 Å². The van der Waals surface area contributed by atoms with Crippen LogP contribution in [0.2, 0.25) is 5.02 Å². The number of carbonyl (C=O) groups is 1. The highest BCUT2D eigenvalue weighted by Crippen LogP contribution is 2.37. The smallest absolute Gasteiger partial charge is 0.270 e.